The van der Waals surface area contributed by atoms with Crippen molar-refractivity contribution < 1.29 is 4.79 Å². The maximum absolute atomic E-state index is 13.9. The summed E-state index contributed by atoms with van der Waals surface area (Å²) in [6, 6.07) is 9.08. The highest BCUT2D eigenvalue weighted by atomic mass is 35.5. The van der Waals surface area contributed by atoms with Crippen molar-refractivity contribution in [3.63, 3.8) is 0 Å². The number of hydrogen-bond acceptors (Lipinski definition) is 5. The first-order chi connectivity index (χ1) is 16.0. The molecule has 0 unspecified atom stereocenters. The van der Waals surface area contributed by atoms with E-state index in [-0.39, 0.29) is 5.91 Å². The lowest BCUT2D eigenvalue weighted by atomic mass is 9.98. The van der Waals surface area contributed by atoms with Gasteiger partial charge in [-0.25, -0.2) is 14.0 Å². The highest BCUT2D eigenvalue weighted by Gasteiger charge is 2.37. The normalized spacial score (nSPS) is 15.8. The van der Waals surface area contributed by atoms with Gasteiger partial charge in [0.1, 0.15) is 6.04 Å². The molecule has 33 heavy (non-hydrogen) atoms. The lowest BCUT2D eigenvalue weighted by Gasteiger charge is -2.33. The van der Waals surface area contributed by atoms with Gasteiger partial charge in [-0.3, -0.25) is 4.79 Å². The fraction of sp³-hybridized carbons (Fsp3) is 0.217. The molecule has 0 bridgehead atoms. The monoisotopic (exact) mass is 460 g/mol. The van der Waals surface area contributed by atoms with Gasteiger partial charge in [0, 0.05) is 39.0 Å². The first-order valence-corrected chi connectivity index (χ1v) is 11.0. The van der Waals surface area contributed by atoms with E-state index in [0.29, 0.717) is 23.6 Å². The molecule has 0 aliphatic carbocycles. The fourth-order valence-corrected chi connectivity index (χ4v) is 4.70. The summed E-state index contributed by atoms with van der Waals surface area (Å²) in [6.07, 6.45) is 7.76. The van der Waals surface area contributed by atoms with Crippen molar-refractivity contribution in [1.29, 1.82) is 0 Å². The second-order valence-electron chi connectivity index (χ2n) is 8.34. The summed E-state index contributed by atoms with van der Waals surface area (Å²) >= 11 is 6.39. The molecule has 5 aromatic heterocycles. The first kappa shape index (κ1) is 19.8. The molecular formula is C23H21ClN8O. The average Bonchev–Trinajstić information content (AvgIpc) is 3.55. The van der Waals surface area contributed by atoms with E-state index in [1.165, 1.54) is 0 Å². The van der Waals surface area contributed by atoms with Crippen LogP contribution in [0.25, 0.3) is 11.0 Å². The van der Waals surface area contributed by atoms with Crippen LogP contribution in [0.2, 0.25) is 5.02 Å². The molecule has 0 spiro atoms. The molecule has 166 valence electrons. The summed E-state index contributed by atoms with van der Waals surface area (Å²) in [5.74, 6) is -0.107. The van der Waals surface area contributed by atoms with Crippen LogP contribution in [0.3, 0.4) is 0 Å². The maximum atomic E-state index is 13.9. The summed E-state index contributed by atoms with van der Waals surface area (Å²) < 4.78 is 3.48. The molecule has 0 aromatic carbocycles. The maximum Gasteiger partial charge on any atom is 0.258 e. The Labute approximate surface area is 194 Å². The van der Waals surface area contributed by atoms with Crippen LogP contribution in [0.15, 0.2) is 55.2 Å². The number of halogens is 1. The molecule has 0 fully saturated rings. The Hall–Kier alpha value is -3.85. The van der Waals surface area contributed by atoms with Crippen LogP contribution in [-0.2, 0) is 6.42 Å². The molecule has 1 aliphatic rings. The Balaban J connectivity index is 1.46. The third-order valence-corrected chi connectivity index (χ3v) is 6.50. The van der Waals surface area contributed by atoms with Gasteiger partial charge in [-0.2, -0.15) is 10.2 Å². The number of pyridine rings is 2. The molecule has 10 heteroatoms. The standard InChI is InChI=1S/C23H21ClN8O/c1-29(2)14-5-6-19-15(11-27-32(19)12-14)23(33)30-9-7-17-21(26-13-25-17)22(30)18-10-20-16(24)4-3-8-31(20)28-18/h3-6,8,10-13,22H,7,9H2,1-2H3,(H,25,26)/t22-/m1/s1. The summed E-state index contributed by atoms with van der Waals surface area (Å²) in [5.41, 5.74) is 5.64. The number of anilines is 1. The second-order valence-corrected chi connectivity index (χ2v) is 8.75. The summed E-state index contributed by atoms with van der Waals surface area (Å²) in [6.45, 7) is 0.535. The van der Waals surface area contributed by atoms with E-state index >= 15 is 0 Å². The smallest absolute Gasteiger partial charge is 0.258 e. The average molecular weight is 461 g/mol. The molecule has 0 saturated heterocycles. The Morgan fingerprint density at radius 2 is 2.09 bits per heavy atom. The van der Waals surface area contributed by atoms with Gasteiger partial charge in [-0.1, -0.05) is 11.6 Å². The number of carbonyl (C=O) groups is 1. The zero-order valence-electron chi connectivity index (χ0n) is 18.1. The quantitative estimate of drug-likeness (QED) is 0.446. The van der Waals surface area contributed by atoms with Gasteiger partial charge < -0.3 is 14.8 Å². The zero-order chi connectivity index (χ0) is 22.7. The number of amides is 1. The molecule has 1 amide bonds. The number of H-pyrrole nitrogens is 1. The van der Waals surface area contributed by atoms with Gasteiger partial charge in [0.25, 0.3) is 5.91 Å². The van der Waals surface area contributed by atoms with Crippen LogP contribution in [0.5, 0.6) is 0 Å². The second kappa shape index (κ2) is 7.35. The van der Waals surface area contributed by atoms with Crippen LogP contribution >= 0.6 is 11.6 Å². The van der Waals surface area contributed by atoms with Crippen molar-refractivity contribution in [3.8, 4) is 0 Å². The van der Waals surface area contributed by atoms with Gasteiger partial charge in [-0.05, 0) is 30.3 Å². The summed E-state index contributed by atoms with van der Waals surface area (Å²) in [7, 11) is 3.94. The molecular weight excluding hydrogens is 440 g/mol. The van der Waals surface area contributed by atoms with Gasteiger partial charge in [0.05, 0.1) is 57.4 Å². The van der Waals surface area contributed by atoms with Crippen molar-refractivity contribution in [3.05, 3.63) is 82.9 Å². The third-order valence-electron chi connectivity index (χ3n) is 6.18. The third kappa shape index (κ3) is 3.07. The highest BCUT2D eigenvalue weighted by molar-refractivity contribution is 6.33. The van der Waals surface area contributed by atoms with E-state index in [4.69, 9.17) is 16.7 Å². The highest BCUT2D eigenvalue weighted by Crippen LogP contribution is 2.35. The minimum absolute atomic E-state index is 0.107. The van der Waals surface area contributed by atoms with Gasteiger partial charge in [0.15, 0.2) is 0 Å². The number of nitrogens with one attached hydrogen (secondary N) is 1. The van der Waals surface area contributed by atoms with Gasteiger partial charge in [0.2, 0.25) is 0 Å². The van der Waals surface area contributed by atoms with Crippen LogP contribution in [0.1, 0.15) is 33.5 Å². The van der Waals surface area contributed by atoms with Crippen molar-refractivity contribution in [2.45, 2.75) is 12.5 Å². The zero-order valence-corrected chi connectivity index (χ0v) is 18.9. The fourth-order valence-electron chi connectivity index (χ4n) is 4.49. The summed E-state index contributed by atoms with van der Waals surface area (Å²) in [5, 5.41) is 9.78. The molecule has 1 N–H and O–H groups in total. The molecule has 0 saturated carbocycles. The number of rotatable bonds is 3. The van der Waals surface area contributed by atoms with Crippen molar-refractivity contribution in [1.82, 2.24) is 34.1 Å². The molecule has 6 rings (SSSR count). The number of nitrogens with zero attached hydrogens (tertiary/aromatic N) is 7. The Kier molecular flexibility index (Phi) is 4.41. The van der Waals surface area contributed by atoms with E-state index in [9.17, 15) is 4.79 Å². The number of carbonyl (C=O) groups excluding carboxylic acids is 1. The van der Waals surface area contributed by atoms with Crippen molar-refractivity contribution in [2.75, 3.05) is 25.5 Å². The lowest BCUT2D eigenvalue weighted by Crippen LogP contribution is -2.41. The number of fused-ring (bicyclic) bond motifs is 3. The van der Waals surface area contributed by atoms with E-state index in [0.717, 1.165) is 33.8 Å². The summed E-state index contributed by atoms with van der Waals surface area (Å²) in [4.78, 5) is 25.4. The molecule has 5 aromatic rings. The minimum atomic E-state index is -0.431. The minimum Gasteiger partial charge on any atom is -0.376 e. The van der Waals surface area contributed by atoms with E-state index < -0.39 is 6.04 Å². The van der Waals surface area contributed by atoms with Gasteiger partial charge in [-0.15, -0.1) is 0 Å². The van der Waals surface area contributed by atoms with E-state index in [1.807, 2.05) is 66.6 Å². The SMILES string of the molecule is CN(C)c1ccc2c(C(=O)N3CCc4[nH]cnc4[C@H]3c3cc4c(Cl)cccn4n3)cnn2c1. The number of imidazole rings is 1. The predicted octanol–water partition coefficient (Wildman–Crippen LogP) is 3.21. The number of hydrogen-bond donors (Lipinski definition) is 1. The molecule has 0 radical (unpaired) electrons. The Morgan fingerprint density at radius 1 is 1.21 bits per heavy atom. The Morgan fingerprint density at radius 3 is 2.91 bits per heavy atom. The molecule has 9 nitrogen and oxygen atoms in total. The van der Waals surface area contributed by atoms with E-state index in [2.05, 4.69) is 15.1 Å². The van der Waals surface area contributed by atoms with Crippen molar-refractivity contribution in [2.24, 2.45) is 0 Å². The van der Waals surface area contributed by atoms with Crippen LogP contribution in [0, 0.1) is 0 Å². The van der Waals surface area contributed by atoms with Crippen molar-refractivity contribution >= 4 is 34.2 Å². The van der Waals surface area contributed by atoms with Crippen LogP contribution < -0.4 is 4.90 Å². The number of aromatic amines is 1. The van der Waals surface area contributed by atoms with Gasteiger partial charge >= 0.3 is 0 Å². The van der Waals surface area contributed by atoms with Crippen LogP contribution in [-0.4, -0.2) is 60.6 Å². The predicted molar refractivity (Wildman–Crippen MR) is 125 cm³/mol. The molecule has 1 aliphatic heterocycles. The lowest BCUT2D eigenvalue weighted by molar-refractivity contribution is 0.0689. The van der Waals surface area contributed by atoms with E-state index in [1.54, 1.807) is 21.6 Å². The topological polar surface area (TPSA) is 86.8 Å². The molecule has 6 heterocycles. The Bertz CT molecular complexity index is 1510. The molecule has 1 atom stereocenters. The largest absolute Gasteiger partial charge is 0.376 e. The number of aromatic nitrogens is 6. The van der Waals surface area contributed by atoms with Crippen LogP contribution in [0.4, 0.5) is 5.69 Å². The first-order valence-electron chi connectivity index (χ1n) is 10.6.